The maximum Gasteiger partial charge on any atom is 0.221 e. The molecule has 2 aliphatic rings. The van der Waals surface area contributed by atoms with Gasteiger partial charge in [-0.1, -0.05) is 29.8 Å². The summed E-state index contributed by atoms with van der Waals surface area (Å²) in [6, 6.07) is 15.8. The lowest BCUT2D eigenvalue weighted by atomic mass is 9.80. The minimum Gasteiger partial charge on any atom is -0.192 e. The second kappa shape index (κ2) is 3.84. The smallest absolute Gasteiger partial charge is 0.192 e. The molecule has 2 heterocycles. The molecule has 23 heavy (non-hydrogen) atoms. The second-order valence-electron chi connectivity index (χ2n) is 7.91. The summed E-state index contributed by atoms with van der Waals surface area (Å²) in [5.74, 6) is 0. The van der Waals surface area contributed by atoms with Gasteiger partial charge in [-0.3, -0.25) is 0 Å². The van der Waals surface area contributed by atoms with Gasteiger partial charge in [-0.15, -0.1) is 0 Å². The van der Waals surface area contributed by atoms with Crippen molar-refractivity contribution in [3.63, 3.8) is 0 Å². The number of hydrogen-bond donors (Lipinski definition) is 0. The number of pyridine rings is 1. The minimum absolute atomic E-state index is 0.208. The average molecular weight is 300 g/mol. The Kier molecular flexibility index (Phi) is 2.22. The van der Waals surface area contributed by atoms with Gasteiger partial charge in [-0.2, -0.15) is 4.57 Å². The molecule has 1 heteroatoms. The van der Waals surface area contributed by atoms with E-state index in [1.807, 2.05) is 0 Å². The van der Waals surface area contributed by atoms with Crippen LogP contribution in [0.2, 0.25) is 0 Å². The van der Waals surface area contributed by atoms with Crippen LogP contribution in [0.15, 0.2) is 48.7 Å². The standard InChI is InChI=1S/C22H22N/c1-14-11-15(2)19-18(12-14)20-17-8-6-5-7-16(17)9-10-23(20)22(4)13-21(19,22)3/h5-12H,13H2,1-4H3/q+1. The molecule has 0 saturated heterocycles. The highest BCUT2D eigenvalue weighted by molar-refractivity contribution is 5.95. The van der Waals surface area contributed by atoms with Gasteiger partial charge in [0, 0.05) is 19.4 Å². The Morgan fingerprint density at radius 1 is 1.00 bits per heavy atom. The topological polar surface area (TPSA) is 3.88 Å². The summed E-state index contributed by atoms with van der Waals surface area (Å²) < 4.78 is 2.55. The maximum absolute atomic E-state index is 2.55. The lowest BCUT2D eigenvalue weighted by Crippen LogP contribution is -2.53. The van der Waals surface area contributed by atoms with Gasteiger partial charge >= 0.3 is 0 Å². The summed E-state index contributed by atoms with van der Waals surface area (Å²) in [6.45, 7) is 9.37. The Balaban J connectivity index is 2.01. The fourth-order valence-electron chi connectivity index (χ4n) is 5.14. The van der Waals surface area contributed by atoms with Crippen molar-refractivity contribution in [2.45, 2.75) is 45.1 Å². The molecule has 1 fully saturated rings. The second-order valence-corrected chi connectivity index (χ2v) is 7.91. The van der Waals surface area contributed by atoms with Crippen LogP contribution in [0.4, 0.5) is 0 Å². The summed E-state index contributed by atoms with van der Waals surface area (Å²) in [5.41, 5.74) is 7.69. The molecule has 114 valence electrons. The van der Waals surface area contributed by atoms with Crippen LogP contribution >= 0.6 is 0 Å². The third kappa shape index (κ3) is 1.42. The van der Waals surface area contributed by atoms with Crippen LogP contribution in [0.5, 0.6) is 0 Å². The van der Waals surface area contributed by atoms with Crippen LogP contribution in [0.1, 0.15) is 37.0 Å². The number of aromatic nitrogens is 1. The molecular formula is C22H22N+. The first-order chi connectivity index (χ1) is 11.0. The molecule has 1 aliphatic heterocycles. The molecular weight excluding hydrogens is 278 g/mol. The van der Waals surface area contributed by atoms with Crippen LogP contribution in [0.25, 0.3) is 22.0 Å². The monoisotopic (exact) mass is 300 g/mol. The van der Waals surface area contributed by atoms with E-state index in [0.717, 1.165) is 0 Å². The van der Waals surface area contributed by atoms with Gasteiger partial charge in [-0.25, -0.2) is 0 Å². The summed E-state index contributed by atoms with van der Waals surface area (Å²) >= 11 is 0. The third-order valence-corrected chi connectivity index (χ3v) is 6.44. The first-order valence-corrected chi connectivity index (χ1v) is 8.52. The highest BCUT2D eigenvalue weighted by Crippen LogP contribution is 2.64. The molecule has 2 aromatic carbocycles. The molecule has 1 nitrogen and oxygen atoms in total. The summed E-state index contributed by atoms with van der Waals surface area (Å²) in [4.78, 5) is 0. The maximum atomic E-state index is 2.55. The van der Waals surface area contributed by atoms with Gasteiger partial charge in [0.1, 0.15) is 0 Å². The Morgan fingerprint density at radius 3 is 2.61 bits per heavy atom. The normalized spacial score (nSPS) is 27.3. The Labute approximate surface area is 137 Å². The fourth-order valence-corrected chi connectivity index (χ4v) is 5.14. The van der Waals surface area contributed by atoms with Gasteiger partial charge < -0.3 is 0 Å². The molecule has 5 rings (SSSR count). The molecule has 0 radical (unpaired) electrons. The minimum atomic E-state index is 0.208. The van der Waals surface area contributed by atoms with Crippen molar-refractivity contribution in [1.29, 1.82) is 0 Å². The zero-order valence-electron chi connectivity index (χ0n) is 14.3. The number of fused-ring (bicyclic) bond motifs is 8. The molecule has 1 aliphatic carbocycles. The Bertz CT molecular complexity index is 1000. The van der Waals surface area contributed by atoms with Gasteiger partial charge in [0.05, 0.1) is 16.4 Å². The molecule has 3 aromatic rings. The van der Waals surface area contributed by atoms with Crippen LogP contribution in [-0.2, 0) is 11.0 Å². The lowest BCUT2D eigenvalue weighted by molar-refractivity contribution is -0.730. The molecule has 2 unspecified atom stereocenters. The summed E-state index contributed by atoms with van der Waals surface area (Å²) in [5, 5.41) is 2.70. The van der Waals surface area contributed by atoms with Crippen molar-refractivity contribution >= 4 is 10.8 Å². The van der Waals surface area contributed by atoms with Crippen molar-refractivity contribution in [3.05, 3.63) is 65.4 Å². The van der Waals surface area contributed by atoms with Gasteiger partial charge in [0.25, 0.3) is 0 Å². The average Bonchev–Trinajstić information content (AvgIpc) is 3.09. The van der Waals surface area contributed by atoms with Crippen molar-refractivity contribution in [3.8, 4) is 11.3 Å². The summed E-state index contributed by atoms with van der Waals surface area (Å²) in [6.07, 6.45) is 3.54. The number of benzene rings is 2. The van der Waals surface area contributed by atoms with E-state index in [1.165, 1.54) is 39.6 Å². The highest BCUT2D eigenvalue weighted by Gasteiger charge is 2.73. The Hall–Kier alpha value is -2.15. The highest BCUT2D eigenvalue weighted by atomic mass is 15.1. The first-order valence-electron chi connectivity index (χ1n) is 8.52. The predicted octanol–water partition coefficient (Wildman–Crippen LogP) is 4.80. The molecule has 1 aromatic heterocycles. The van der Waals surface area contributed by atoms with E-state index in [0.29, 0.717) is 0 Å². The van der Waals surface area contributed by atoms with E-state index < -0.39 is 0 Å². The molecule has 0 spiro atoms. The van der Waals surface area contributed by atoms with Crippen molar-refractivity contribution in [2.75, 3.05) is 0 Å². The van der Waals surface area contributed by atoms with E-state index in [2.05, 4.69) is 80.9 Å². The van der Waals surface area contributed by atoms with Gasteiger partial charge in [0.15, 0.2) is 11.7 Å². The van der Waals surface area contributed by atoms with E-state index in [1.54, 1.807) is 5.56 Å². The zero-order chi connectivity index (χ0) is 16.0. The van der Waals surface area contributed by atoms with Crippen LogP contribution in [-0.4, -0.2) is 0 Å². The summed E-state index contributed by atoms with van der Waals surface area (Å²) in [7, 11) is 0. The van der Waals surface area contributed by atoms with Crippen molar-refractivity contribution in [1.82, 2.24) is 0 Å². The SMILES string of the molecule is Cc1cc(C)c2c(c1)-c1c3ccccc3cc[n+]1C1(C)CC21C. The zero-order valence-corrected chi connectivity index (χ0v) is 14.3. The molecule has 0 bridgehead atoms. The first kappa shape index (κ1) is 13.3. The quantitative estimate of drug-likeness (QED) is 0.525. The van der Waals surface area contributed by atoms with Crippen molar-refractivity contribution < 1.29 is 4.57 Å². The van der Waals surface area contributed by atoms with Gasteiger partial charge in [0.2, 0.25) is 5.69 Å². The number of rotatable bonds is 0. The van der Waals surface area contributed by atoms with E-state index >= 15 is 0 Å². The molecule has 1 saturated carbocycles. The van der Waals surface area contributed by atoms with Crippen LogP contribution in [0, 0.1) is 13.8 Å². The van der Waals surface area contributed by atoms with Crippen LogP contribution < -0.4 is 4.57 Å². The molecule has 0 N–H and O–H groups in total. The van der Waals surface area contributed by atoms with Crippen molar-refractivity contribution in [2.24, 2.45) is 0 Å². The Morgan fingerprint density at radius 2 is 1.78 bits per heavy atom. The number of nitrogens with zero attached hydrogens (tertiary/aromatic N) is 1. The lowest BCUT2D eigenvalue weighted by Gasteiger charge is -2.28. The van der Waals surface area contributed by atoms with E-state index in [-0.39, 0.29) is 11.0 Å². The predicted molar refractivity (Wildman–Crippen MR) is 94.7 cm³/mol. The molecule has 2 atom stereocenters. The van der Waals surface area contributed by atoms with E-state index in [9.17, 15) is 0 Å². The fraction of sp³-hybridized carbons (Fsp3) is 0.318. The van der Waals surface area contributed by atoms with Gasteiger partial charge in [-0.05, 0) is 49.4 Å². The third-order valence-electron chi connectivity index (χ3n) is 6.44. The molecule has 0 amide bonds. The largest absolute Gasteiger partial charge is 0.221 e. The van der Waals surface area contributed by atoms with E-state index in [4.69, 9.17) is 0 Å². The van der Waals surface area contributed by atoms with Crippen LogP contribution in [0.3, 0.4) is 0 Å². The number of aryl methyl sites for hydroxylation is 2. The number of hydrogen-bond acceptors (Lipinski definition) is 0.